The highest BCUT2D eigenvalue weighted by Gasteiger charge is 2.56. The molecule has 0 spiro atoms. The quantitative estimate of drug-likeness (QED) is 0.703. The van der Waals surface area contributed by atoms with E-state index in [1.54, 1.807) is 6.92 Å². The molecule has 0 aromatic heterocycles. The molecule has 2 aliphatic heterocycles. The van der Waals surface area contributed by atoms with E-state index < -0.39 is 23.2 Å². The highest BCUT2D eigenvalue weighted by molar-refractivity contribution is 5.73. The van der Waals surface area contributed by atoms with Crippen LogP contribution in [0.25, 0.3) is 0 Å². The summed E-state index contributed by atoms with van der Waals surface area (Å²) < 4.78 is 0. The number of nitrogens with zero attached hydrogens (tertiary/aromatic N) is 2. The van der Waals surface area contributed by atoms with Gasteiger partial charge in [-0.15, -0.1) is 0 Å². The van der Waals surface area contributed by atoms with E-state index in [0.717, 1.165) is 19.3 Å². The van der Waals surface area contributed by atoms with Crippen LogP contribution in [-0.4, -0.2) is 74.5 Å². The monoisotopic (exact) mass is 416 g/mol. The van der Waals surface area contributed by atoms with Gasteiger partial charge in [0.25, 0.3) is 0 Å². The molecule has 6 nitrogen and oxygen atoms in total. The van der Waals surface area contributed by atoms with Crippen LogP contribution in [0, 0.1) is 5.41 Å². The number of β-amino-alcohol motifs (C(OH)–C–C–N with tert-alkyl or cyclic N) is 1. The predicted molar refractivity (Wildman–Crippen MR) is 115 cm³/mol. The maximum Gasteiger partial charge on any atom is 0.219 e. The van der Waals surface area contributed by atoms with Gasteiger partial charge in [0.2, 0.25) is 5.91 Å². The Morgan fingerprint density at radius 2 is 1.80 bits per heavy atom. The minimum atomic E-state index is -0.847. The molecular weight excluding hydrogens is 380 g/mol. The largest absolute Gasteiger partial charge is 0.390 e. The fraction of sp³-hybridized carbons (Fsp3) is 0.708. The molecule has 3 N–H and O–H groups in total. The number of aliphatic hydroxyl groups excluding tert-OH is 2. The Kier molecular flexibility index (Phi) is 5.96. The molecule has 30 heavy (non-hydrogen) atoms. The number of carbonyl (C=O) groups is 1. The van der Waals surface area contributed by atoms with E-state index in [2.05, 4.69) is 24.0 Å². The summed E-state index contributed by atoms with van der Waals surface area (Å²) in [5.74, 6) is 0.0637. The molecule has 1 aromatic carbocycles. The van der Waals surface area contributed by atoms with Gasteiger partial charge < -0.3 is 20.2 Å². The van der Waals surface area contributed by atoms with Crippen molar-refractivity contribution >= 4 is 5.91 Å². The number of likely N-dealkylation sites (tertiary alicyclic amines) is 2. The molecule has 2 saturated heterocycles. The fourth-order valence-corrected chi connectivity index (χ4v) is 6.14. The lowest BCUT2D eigenvalue weighted by Gasteiger charge is -2.44. The Labute approximate surface area is 179 Å². The molecule has 3 fully saturated rings. The molecule has 3 aliphatic rings. The van der Waals surface area contributed by atoms with Crippen molar-refractivity contribution in [2.45, 2.75) is 82.3 Å². The van der Waals surface area contributed by atoms with Gasteiger partial charge in [-0.05, 0) is 44.1 Å². The first-order valence-corrected chi connectivity index (χ1v) is 11.4. The number of carbonyl (C=O) groups excluding carboxylic acids is 1. The molecule has 0 unspecified atom stereocenters. The summed E-state index contributed by atoms with van der Waals surface area (Å²) in [7, 11) is 0. The van der Waals surface area contributed by atoms with Gasteiger partial charge in [0.15, 0.2) is 0 Å². The number of amides is 1. The summed E-state index contributed by atoms with van der Waals surface area (Å²) in [6, 6.07) is 10.5. The highest BCUT2D eigenvalue weighted by Crippen LogP contribution is 2.54. The first kappa shape index (κ1) is 21.8. The number of piperidine rings is 1. The van der Waals surface area contributed by atoms with Crippen LogP contribution >= 0.6 is 0 Å². The normalized spacial score (nSPS) is 36.9. The number of benzene rings is 1. The third kappa shape index (κ3) is 3.91. The summed E-state index contributed by atoms with van der Waals surface area (Å²) in [5, 5.41) is 33.0. The van der Waals surface area contributed by atoms with Crippen LogP contribution in [0.2, 0.25) is 0 Å². The minimum absolute atomic E-state index is 0.0637. The van der Waals surface area contributed by atoms with Gasteiger partial charge in [0, 0.05) is 44.1 Å². The zero-order valence-corrected chi connectivity index (χ0v) is 18.2. The fourth-order valence-electron chi connectivity index (χ4n) is 6.14. The molecule has 1 amide bonds. The van der Waals surface area contributed by atoms with Crippen molar-refractivity contribution in [2.24, 2.45) is 5.41 Å². The number of hydrogen-bond acceptors (Lipinski definition) is 5. The van der Waals surface area contributed by atoms with E-state index in [4.69, 9.17) is 0 Å². The van der Waals surface area contributed by atoms with Gasteiger partial charge in [0.05, 0.1) is 17.8 Å². The van der Waals surface area contributed by atoms with E-state index in [0.29, 0.717) is 38.9 Å². The van der Waals surface area contributed by atoms with E-state index >= 15 is 0 Å². The van der Waals surface area contributed by atoms with E-state index in [9.17, 15) is 20.1 Å². The smallest absolute Gasteiger partial charge is 0.219 e. The van der Waals surface area contributed by atoms with Crippen molar-refractivity contribution in [1.82, 2.24) is 9.80 Å². The third-order valence-corrected chi connectivity index (χ3v) is 8.01. The number of rotatable bonds is 3. The SMILES string of the molecule is CC(=O)N1CCC(O)(CN2[C@@H](c3ccccc3)C[C@@]3(C)[C@@H](O)[C@H](O)CCC[C@@H]23)CC1. The molecule has 0 radical (unpaired) electrons. The van der Waals surface area contributed by atoms with Gasteiger partial charge in [-0.25, -0.2) is 0 Å². The summed E-state index contributed by atoms with van der Waals surface area (Å²) in [6.45, 7) is 5.38. The molecule has 1 aromatic rings. The van der Waals surface area contributed by atoms with Crippen molar-refractivity contribution in [1.29, 1.82) is 0 Å². The van der Waals surface area contributed by atoms with Crippen LogP contribution in [0.4, 0.5) is 0 Å². The standard InChI is InChI=1S/C24H36N2O4/c1-17(27)25-13-11-24(30,12-14-25)16-26-19(18-7-4-3-5-8-18)15-23(2)21(26)10-6-9-20(28)22(23)29/h3-5,7-8,19-22,28-30H,6,9-16H2,1-2H3/t19-,20-,21-,22+,23-/m1/s1. The van der Waals surface area contributed by atoms with Crippen molar-refractivity contribution in [2.75, 3.05) is 19.6 Å². The highest BCUT2D eigenvalue weighted by atomic mass is 16.3. The Balaban J connectivity index is 1.63. The molecule has 0 bridgehead atoms. The molecular formula is C24H36N2O4. The van der Waals surface area contributed by atoms with Gasteiger partial charge in [-0.1, -0.05) is 37.3 Å². The average molecular weight is 417 g/mol. The zero-order chi connectivity index (χ0) is 21.5. The number of fused-ring (bicyclic) bond motifs is 1. The number of aliphatic hydroxyl groups is 3. The molecule has 6 heteroatoms. The lowest BCUT2D eigenvalue weighted by atomic mass is 9.74. The van der Waals surface area contributed by atoms with Crippen molar-refractivity contribution in [3.63, 3.8) is 0 Å². The van der Waals surface area contributed by atoms with Crippen LogP contribution in [0.1, 0.15) is 64.0 Å². The molecule has 166 valence electrons. The average Bonchev–Trinajstić information content (AvgIpc) is 2.94. The molecule has 2 heterocycles. The summed E-state index contributed by atoms with van der Waals surface area (Å²) >= 11 is 0. The van der Waals surface area contributed by atoms with E-state index in [-0.39, 0.29) is 18.0 Å². The minimum Gasteiger partial charge on any atom is -0.390 e. The van der Waals surface area contributed by atoms with Gasteiger partial charge in [-0.3, -0.25) is 9.69 Å². The maximum absolute atomic E-state index is 11.7. The Morgan fingerprint density at radius 3 is 2.43 bits per heavy atom. The third-order valence-electron chi connectivity index (χ3n) is 8.01. The lowest BCUT2D eigenvalue weighted by molar-refractivity contribution is -0.134. The van der Waals surface area contributed by atoms with Crippen LogP contribution < -0.4 is 0 Å². The van der Waals surface area contributed by atoms with Crippen LogP contribution in [0.15, 0.2) is 30.3 Å². The van der Waals surface area contributed by atoms with Gasteiger partial charge in [-0.2, -0.15) is 0 Å². The Morgan fingerprint density at radius 1 is 1.13 bits per heavy atom. The van der Waals surface area contributed by atoms with Crippen LogP contribution in [0.5, 0.6) is 0 Å². The zero-order valence-electron chi connectivity index (χ0n) is 18.2. The van der Waals surface area contributed by atoms with E-state index in [1.807, 2.05) is 23.1 Å². The molecule has 1 saturated carbocycles. The van der Waals surface area contributed by atoms with Crippen molar-refractivity contribution in [3.05, 3.63) is 35.9 Å². The Bertz CT molecular complexity index is 749. The van der Waals surface area contributed by atoms with Crippen molar-refractivity contribution < 1.29 is 20.1 Å². The van der Waals surface area contributed by atoms with Crippen LogP contribution in [-0.2, 0) is 4.79 Å². The topological polar surface area (TPSA) is 84.2 Å². The van der Waals surface area contributed by atoms with Crippen LogP contribution in [0.3, 0.4) is 0 Å². The van der Waals surface area contributed by atoms with Gasteiger partial charge >= 0.3 is 0 Å². The molecule has 4 rings (SSSR count). The van der Waals surface area contributed by atoms with Gasteiger partial charge in [0.1, 0.15) is 0 Å². The van der Waals surface area contributed by atoms with E-state index in [1.165, 1.54) is 5.56 Å². The predicted octanol–water partition coefficient (Wildman–Crippen LogP) is 2.09. The summed E-state index contributed by atoms with van der Waals surface area (Å²) in [6.07, 6.45) is 2.83. The second kappa shape index (κ2) is 8.23. The lowest BCUT2D eigenvalue weighted by Crippen LogP contribution is -2.55. The first-order valence-electron chi connectivity index (χ1n) is 11.4. The maximum atomic E-state index is 11.7. The molecule has 5 atom stereocenters. The summed E-state index contributed by atoms with van der Waals surface area (Å²) in [5.41, 5.74) is -0.0780. The second-order valence-electron chi connectivity index (χ2n) is 10.00. The Hall–Kier alpha value is -1.47. The summed E-state index contributed by atoms with van der Waals surface area (Å²) in [4.78, 5) is 15.9. The number of hydrogen-bond donors (Lipinski definition) is 3. The van der Waals surface area contributed by atoms with Crippen molar-refractivity contribution in [3.8, 4) is 0 Å². The molecule has 1 aliphatic carbocycles. The second-order valence-corrected chi connectivity index (χ2v) is 10.00. The first-order chi connectivity index (χ1) is 14.2.